The number of para-hydroxylation sites is 2. The lowest BCUT2D eigenvalue weighted by Gasteiger charge is -2.15. The summed E-state index contributed by atoms with van der Waals surface area (Å²) in [5, 5.41) is 26.0. The summed E-state index contributed by atoms with van der Waals surface area (Å²) in [5.74, 6) is 1.50. The number of rotatable bonds is 13. The fourth-order valence-corrected chi connectivity index (χ4v) is 2.25. The molecule has 6 heteroatoms. The van der Waals surface area contributed by atoms with E-state index in [0.717, 1.165) is 11.5 Å². The van der Waals surface area contributed by atoms with Crippen molar-refractivity contribution >= 4 is 0 Å². The summed E-state index contributed by atoms with van der Waals surface area (Å²) in [7, 11) is 0. The van der Waals surface area contributed by atoms with Gasteiger partial charge in [0, 0.05) is 26.2 Å². The van der Waals surface area contributed by atoms with Gasteiger partial charge in [0.2, 0.25) is 0 Å². The van der Waals surface area contributed by atoms with Crippen LogP contribution in [0.5, 0.6) is 11.5 Å². The number of hydrogen-bond donors (Lipinski definition) is 4. The van der Waals surface area contributed by atoms with Crippen LogP contribution in [-0.4, -0.2) is 61.8 Å². The molecule has 0 aromatic heterocycles. The van der Waals surface area contributed by atoms with Gasteiger partial charge in [0.15, 0.2) is 0 Å². The molecule has 6 nitrogen and oxygen atoms in total. The zero-order valence-corrected chi connectivity index (χ0v) is 14.9. The van der Waals surface area contributed by atoms with E-state index in [4.69, 9.17) is 9.47 Å². The molecule has 0 fully saturated rings. The molecule has 26 heavy (non-hydrogen) atoms. The number of aliphatic hydroxyl groups excluding tert-OH is 2. The number of hydrogen-bond acceptors (Lipinski definition) is 6. The highest BCUT2D eigenvalue weighted by Crippen LogP contribution is 2.09. The molecule has 0 aliphatic rings. The average Bonchev–Trinajstić information content (AvgIpc) is 2.69. The molecular weight excluding hydrogens is 332 g/mol. The molecule has 0 aliphatic heterocycles. The Morgan fingerprint density at radius 3 is 1.42 bits per heavy atom. The number of nitrogens with one attached hydrogen (secondary N) is 2. The lowest BCUT2D eigenvalue weighted by atomic mass is 10.3. The van der Waals surface area contributed by atoms with Crippen molar-refractivity contribution in [2.75, 3.05) is 39.4 Å². The molecule has 2 aromatic carbocycles. The molecule has 0 radical (unpaired) electrons. The largest absolute Gasteiger partial charge is 0.491 e. The van der Waals surface area contributed by atoms with Crippen molar-refractivity contribution < 1.29 is 19.7 Å². The molecule has 2 atom stereocenters. The van der Waals surface area contributed by atoms with Crippen molar-refractivity contribution in [3.8, 4) is 11.5 Å². The first kappa shape index (κ1) is 20.2. The normalized spacial score (nSPS) is 13.2. The van der Waals surface area contributed by atoms with Crippen molar-refractivity contribution in [3.05, 3.63) is 60.7 Å². The second kappa shape index (κ2) is 12.3. The molecule has 2 aromatic rings. The smallest absolute Gasteiger partial charge is 0.119 e. The molecule has 2 rings (SSSR count). The quantitative estimate of drug-likeness (QED) is 0.400. The Morgan fingerprint density at radius 1 is 0.654 bits per heavy atom. The second-order valence-corrected chi connectivity index (χ2v) is 5.96. The average molecular weight is 360 g/mol. The number of ether oxygens (including phenoxy) is 2. The molecule has 142 valence electrons. The fraction of sp³-hybridized carbons (Fsp3) is 0.400. The van der Waals surface area contributed by atoms with E-state index in [0.29, 0.717) is 26.2 Å². The van der Waals surface area contributed by atoms with Crippen LogP contribution in [-0.2, 0) is 0 Å². The van der Waals surface area contributed by atoms with E-state index >= 15 is 0 Å². The summed E-state index contributed by atoms with van der Waals surface area (Å²) in [4.78, 5) is 0. The van der Waals surface area contributed by atoms with E-state index < -0.39 is 12.2 Å². The highest BCUT2D eigenvalue weighted by Gasteiger charge is 2.06. The van der Waals surface area contributed by atoms with Gasteiger partial charge >= 0.3 is 0 Å². The Labute approximate surface area is 154 Å². The summed E-state index contributed by atoms with van der Waals surface area (Å²) < 4.78 is 11.0. The van der Waals surface area contributed by atoms with E-state index in [1.807, 2.05) is 60.7 Å². The van der Waals surface area contributed by atoms with Gasteiger partial charge in [-0.15, -0.1) is 0 Å². The van der Waals surface area contributed by atoms with Crippen LogP contribution in [0, 0.1) is 0 Å². The van der Waals surface area contributed by atoms with Crippen LogP contribution >= 0.6 is 0 Å². The Morgan fingerprint density at radius 2 is 1.04 bits per heavy atom. The topological polar surface area (TPSA) is 83.0 Å². The number of benzene rings is 2. The summed E-state index contributed by atoms with van der Waals surface area (Å²) in [6.07, 6.45) is -1.14. The van der Waals surface area contributed by atoms with Gasteiger partial charge in [-0.05, 0) is 24.3 Å². The van der Waals surface area contributed by atoms with Crippen molar-refractivity contribution in [2.24, 2.45) is 0 Å². The first-order chi connectivity index (χ1) is 12.7. The zero-order valence-electron chi connectivity index (χ0n) is 14.9. The maximum Gasteiger partial charge on any atom is 0.119 e. The molecule has 0 bridgehead atoms. The van der Waals surface area contributed by atoms with Crippen LogP contribution in [0.4, 0.5) is 0 Å². The van der Waals surface area contributed by atoms with Gasteiger partial charge in [0.1, 0.15) is 36.9 Å². The third kappa shape index (κ3) is 8.82. The lowest BCUT2D eigenvalue weighted by Crippen LogP contribution is -2.38. The Hall–Kier alpha value is -2.12. The van der Waals surface area contributed by atoms with Crippen LogP contribution in [0.1, 0.15) is 0 Å². The van der Waals surface area contributed by atoms with Crippen LogP contribution in [0.15, 0.2) is 60.7 Å². The van der Waals surface area contributed by atoms with Crippen LogP contribution in [0.3, 0.4) is 0 Å². The van der Waals surface area contributed by atoms with Crippen molar-refractivity contribution in [2.45, 2.75) is 12.2 Å². The predicted molar refractivity (Wildman–Crippen MR) is 102 cm³/mol. The molecule has 0 aliphatic carbocycles. The lowest BCUT2D eigenvalue weighted by molar-refractivity contribution is 0.103. The maximum atomic E-state index is 9.87. The molecule has 0 heterocycles. The van der Waals surface area contributed by atoms with Gasteiger partial charge < -0.3 is 30.3 Å². The van der Waals surface area contributed by atoms with Crippen molar-refractivity contribution in [1.29, 1.82) is 0 Å². The highest BCUT2D eigenvalue weighted by atomic mass is 16.5. The molecule has 0 amide bonds. The van der Waals surface area contributed by atoms with E-state index in [1.54, 1.807) is 0 Å². The number of aliphatic hydroxyl groups is 2. The van der Waals surface area contributed by atoms with Gasteiger partial charge in [0.05, 0.1) is 0 Å². The minimum absolute atomic E-state index is 0.250. The summed E-state index contributed by atoms with van der Waals surface area (Å²) in [6, 6.07) is 18.8. The minimum atomic E-state index is -0.569. The van der Waals surface area contributed by atoms with Crippen molar-refractivity contribution in [3.63, 3.8) is 0 Å². The third-order valence-corrected chi connectivity index (χ3v) is 3.61. The molecule has 0 unspecified atom stereocenters. The zero-order chi connectivity index (χ0) is 18.5. The first-order valence-electron chi connectivity index (χ1n) is 8.87. The minimum Gasteiger partial charge on any atom is -0.491 e. The monoisotopic (exact) mass is 360 g/mol. The van der Waals surface area contributed by atoms with E-state index in [-0.39, 0.29) is 13.2 Å². The van der Waals surface area contributed by atoms with Crippen LogP contribution in [0.25, 0.3) is 0 Å². The standard InChI is InChI=1S/C20H28N2O4/c23-17(15-25-19-7-3-1-4-8-19)13-21-11-12-22-14-18(24)16-26-20-9-5-2-6-10-20/h1-10,17-18,21-24H,11-16H2/t17-,18+. The molecule has 0 spiro atoms. The van der Waals surface area contributed by atoms with Crippen LogP contribution < -0.4 is 20.1 Å². The Bertz CT molecular complexity index is 529. The summed E-state index contributed by atoms with van der Waals surface area (Å²) in [6.45, 7) is 2.78. The molecule has 4 N–H and O–H groups in total. The van der Waals surface area contributed by atoms with Crippen LogP contribution in [0.2, 0.25) is 0 Å². The fourth-order valence-electron chi connectivity index (χ4n) is 2.25. The first-order valence-corrected chi connectivity index (χ1v) is 8.87. The third-order valence-electron chi connectivity index (χ3n) is 3.61. The van der Waals surface area contributed by atoms with Crippen molar-refractivity contribution in [1.82, 2.24) is 10.6 Å². The molecular formula is C20H28N2O4. The Balaban J connectivity index is 1.43. The van der Waals surface area contributed by atoms with Gasteiger partial charge in [-0.25, -0.2) is 0 Å². The van der Waals surface area contributed by atoms with Gasteiger partial charge in [-0.2, -0.15) is 0 Å². The van der Waals surface area contributed by atoms with Gasteiger partial charge in [0.25, 0.3) is 0 Å². The van der Waals surface area contributed by atoms with Gasteiger partial charge in [-0.3, -0.25) is 0 Å². The van der Waals surface area contributed by atoms with E-state index in [2.05, 4.69) is 10.6 Å². The molecule has 0 saturated carbocycles. The molecule has 0 saturated heterocycles. The second-order valence-electron chi connectivity index (χ2n) is 5.96. The Kier molecular flexibility index (Phi) is 9.53. The SMILES string of the molecule is O[C@H](CNCCNC[C@H](O)COc1ccccc1)COc1ccccc1. The van der Waals surface area contributed by atoms with E-state index in [1.165, 1.54) is 0 Å². The maximum absolute atomic E-state index is 9.87. The predicted octanol–water partition coefficient (Wildman–Crippen LogP) is 1.05. The van der Waals surface area contributed by atoms with E-state index in [9.17, 15) is 10.2 Å². The highest BCUT2D eigenvalue weighted by molar-refractivity contribution is 5.21. The summed E-state index contributed by atoms with van der Waals surface area (Å²) in [5.41, 5.74) is 0. The van der Waals surface area contributed by atoms with Gasteiger partial charge in [-0.1, -0.05) is 36.4 Å². The summed E-state index contributed by atoms with van der Waals surface area (Å²) >= 11 is 0.